The zero-order valence-corrected chi connectivity index (χ0v) is 12.3. The fourth-order valence-electron chi connectivity index (χ4n) is 3.03. The van der Waals surface area contributed by atoms with Crippen LogP contribution in [0.1, 0.15) is 24.8 Å². The molecule has 0 bridgehead atoms. The van der Waals surface area contributed by atoms with E-state index in [1.54, 1.807) is 7.11 Å². The van der Waals surface area contributed by atoms with Crippen LogP contribution in [0, 0.1) is 5.92 Å². The van der Waals surface area contributed by atoms with E-state index in [0.29, 0.717) is 11.8 Å². The molecule has 1 saturated heterocycles. The lowest BCUT2D eigenvalue weighted by molar-refractivity contribution is -0.135. The third-order valence-corrected chi connectivity index (χ3v) is 4.11. The fourth-order valence-corrected chi connectivity index (χ4v) is 3.03. The number of methoxy groups -OCH3 is 1. The molecule has 2 rings (SSSR count). The molecule has 110 valence electrons. The van der Waals surface area contributed by atoms with Gasteiger partial charge in [0.25, 0.3) is 0 Å². The van der Waals surface area contributed by atoms with Gasteiger partial charge in [-0.2, -0.15) is 0 Å². The lowest BCUT2D eigenvalue weighted by Gasteiger charge is -2.38. The van der Waals surface area contributed by atoms with E-state index in [4.69, 9.17) is 10.5 Å². The topological polar surface area (TPSA) is 55.6 Å². The molecule has 0 saturated carbocycles. The standard InChI is InChI=1S/C16H24N2O2/c1-12-10-18(16(19)15(17)11-20-2)9-8-14(12)13-6-4-3-5-7-13/h3-7,12,14-15H,8-11,17H2,1-2H3. The molecule has 3 unspecified atom stereocenters. The highest BCUT2D eigenvalue weighted by Crippen LogP contribution is 2.32. The minimum absolute atomic E-state index is 0.00483. The fraction of sp³-hybridized carbons (Fsp3) is 0.562. The Morgan fingerprint density at radius 3 is 2.75 bits per heavy atom. The predicted molar refractivity (Wildman–Crippen MR) is 79.4 cm³/mol. The molecule has 3 atom stereocenters. The second-order valence-corrected chi connectivity index (χ2v) is 5.63. The first-order valence-corrected chi connectivity index (χ1v) is 7.21. The van der Waals surface area contributed by atoms with E-state index in [2.05, 4.69) is 31.2 Å². The van der Waals surface area contributed by atoms with Gasteiger partial charge in [0.1, 0.15) is 6.04 Å². The van der Waals surface area contributed by atoms with Gasteiger partial charge in [0, 0.05) is 20.2 Å². The summed E-state index contributed by atoms with van der Waals surface area (Å²) in [4.78, 5) is 14.1. The van der Waals surface area contributed by atoms with Crippen molar-refractivity contribution in [2.75, 3.05) is 26.8 Å². The van der Waals surface area contributed by atoms with Gasteiger partial charge in [-0.3, -0.25) is 4.79 Å². The Morgan fingerprint density at radius 1 is 1.45 bits per heavy atom. The van der Waals surface area contributed by atoms with Crippen LogP contribution in [0.15, 0.2) is 30.3 Å². The summed E-state index contributed by atoms with van der Waals surface area (Å²) < 4.78 is 4.96. The van der Waals surface area contributed by atoms with Crippen LogP contribution in [-0.2, 0) is 9.53 Å². The summed E-state index contributed by atoms with van der Waals surface area (Å²) in [5.41, 5.74) is 7.20. The lowest BCUT2D eigenvalue weighted by atomic mass is 9.81. The maximum Gasteiger partial charge on any atom is 0.241 e. The Morgan fingerprint density at radius 2 is 2.15 bits per heavy atom. The number of ether oxygens (including phenoxy) is 1. The molecule has 0 radical (unpaired) electrons. The van der Waals surface area contributed by atoms with Gasteiger partial charge in [0.05, 0.1) is 6.61 Å². The van der Waals surface area contributed by atoms with Gasteiger partial charge in [-0.25, -0.2) is 0 Å². The molecule has 1 aliphatic rings. The Labute approximate surface area is 120 Å². The molecule has 1 aromatic rings. The van der Waals surface area contributed by atoms with Gasteiger partial charge in [0.2, 0.25) is 5.91 Å². The molecule has 4 nitrogen and oxygen atoms in total. The van der Waals surface area contributed by atoms with Gasteiger partial charge in [0.15, 0.2) is 0 Å². The summed E-state index contributed by atoms with van der Waals surface area (Å²) in [6.07, 6.45) is 0.997. The molecule has 4 heteroatoms. The number of carbonyl (C=O) groups is 1. The summed E-state index contributed by atoms with van der Waals surface area (Å²) in [5, 5.41) is 0. The zero-order valence-electron chi connectivity index (χ0n) is 12.3. The first-order valence-electron chi connectivity index (χ1n) is 7.21. The van der Waals surface area contributed by atoms with E-state index in [-0.39, 0.29) is 12.5 Å². The van der Waals surface area contributed by atoms with Crippen molar-refractivity contribution in [3.63, 3.8) is 0 Å². The first kappa shape index (κ1) is 15.0. The third-order valence-electron chi connectivity index (χ3n) is 4.11. The molecular formula is C16H24N2O2. The first-order chi connectivity index (χ1) is 9.63. The van der Waals surface area contributed by atoms with Crippen molar-refractivity contribution in [3.05, 3.63) is 35.9 Å². The van der Waals surface area contributed by atoms with E-state index in [9.17, 15) is 4.79 Å². The minimum atomic E-state index is -0.541. The van der Waals surface area contributed by atoms with Crippen LogP contribution in [0.3, 0.4) is 0 Å². The molecule has 20 heavy (non-hydrogen) atoms. The summed E-state index contributed by atoms with van der Waals surface area (Å²) >= 11 is 0. The molecule has 0 spiro atoms. The Bertz CT molecular complexity index is 435. The zero-order chi connectivity index (χ0) is 14.5. The molecule has 1 aromatic carbocycles. The number of hydrogen-bond donors (Lipinski definition) is 1. The second kappa shape index (κ2) is 6.86. The molecular weight excluding hydrogens is 252 g/mol. The molecule has 0 aromatic heterocycles. The van der Waals surface area contributed by atoms with Crippen LogP contribution >= 0.6 is 0 Å². The molecule has 1 amide bonds. The number of hydrogen-bond acceptors (Lipinski definition) is 3. The predicted octanol–water partition coefficient (Wildman–Crippen LogP) is 1.61. The normalized spacial score (nSPS) is 24.4. The van der Waals surface area contributed by atoms with Crippen LogP contribution in [0.2, 0.25) is 0 Å². The molecule has 1 heterocycles. The Hall–Kier alpha value is -1.39. The van der Waals surface area contributed by atoms with Crippen molar-refractivity contribution in [2.24, 2.45) is 11.7 Å². The average Bonchev–Trinajstić information content (AvgIpc) is 2.47. The van der Waals surface area contributed by atoms with Crippen LogP contribution < -0.4 is 5.73 Å². The molecule has 1 aliphatic heterocycles. The summed E-state index contributed by atoms with van der Waals surface area (Å²) in [6, 6.07) is 10.0. The average molecular weight is 276 g/mol. The van der Waals surface area contributed by atoms with E-state index in [0.717, 1.165) is 19.5 Å². The highest BCUT2D eigenvalue weighted by molar-refractivity contribution is 5.81. The monoisotopic (exact) mass is 276 g/mol. The number of benzene rings is 1. The van der Waals surface area contributed by atoms with Crippen molar-refractivity contribution in [3.8, 4) is 0 Å². The van der Waals surface area contributed by atoms with Crippen molar-refractivity contribution in [1.29, 1.82) is 0 Å². The number of nitrogens with two attached hydrogens (primary N) is 1. The minimum Gasteiger partial charge on any atom is -0.383 e. The highest BCUT2D eigenvalue weighted by Gasteiger charge is 2.31. The molecule has 0 aliphatic carbocycles. The van der Waals surface area contributed by atoms with Crippen LogP contribution in [0.5, 0.6) is 0 Å². The van der Waals surface area contributed by atoms with Gasteiger partial charge >= 0.3 is 0 Å². The largest absolute Gasteiger partial charge is 0.383 e. The van der Waals surface area contributed by atoms with Crippen LogP contribution in [0.4, 0.5) is 0 Å². The smallest absolute Gasteiger partial charge is 0.241 e. The number of amides is 1. The van der Waals surface area contributed by atoms with Gasteiger partial charge in [-0.15, -0.1) is 0 Å². The lowest BCUT2D eigenvalue weighted by Crippen LogP contribution is -2.50. The van der Waals surface area contributed by atoms with Crippen molar-refractivity contribution in [2.45, 2.75) is 25.3 Å². The third kappa shape index (κ3) is 3.38. The van der Waals surface area contributed by atoms with E-state index in [1.807, 2.05) is 11.0 Å². The summed E-state index contributed by atoms with van der Waals surface area (Å²) in [7, 11) is 1.57. The van der Waals surface area contributed by atoms with Crippen molar-refractivity contribution >= 4 is 5.91 Å². The Balaban J connectivity index is 1.97. The van der Waals surface area contributed by atoms with E-state index in [1.165, 1.54) is 5.56 Å². The summed E-state index contributed by atoms with van der Waals surface area (Å²) in [5.74, 6) is 0.981. The quantitative estimate of drug-likeness (QED) is 0.909. The van der Waals surface area contributed by atoms with Gasteiger partial charge in [-0.05, 0) is 23.8 Å². The molecule has 1 fully saturated rings. The molecule has 2 N–H and O–H groups in total. The maximum absolute atomic E-state index is 12.2. The number of likely N-dealkylation sites (tertiary alicyclic amines) is 1. The van der Waals surface area contributed by atoms with E-state index >= 15 is 0 Å². The van der Waals surface area contributed by atoms with Gasteiger partial charge in [-0.1, -0.05) is 37.3 Å². The number of carbonyl (C=O) groups excluding carboxylic acids is 1. The van der Waals surface area contributed by atoms with Crippen molar-refractivity contribution in [1.82, 2.24) is 4.90 Å². The highest BCUT2D eigenvalue weighted by atomic mass is 16.5. The Kier molecular flexibility index (Phi) is 5.15. The number of rotatable bonds is 4. The number of piperidine rings is 1. The number of nitrogens with zero attached hydrogens (tertiary/aromatic N) is 1. The van der Waals surface area contributed by atoms with Crippen LogP contribution in [-0.4, -0.2) is 43.7 Å². The summed E-state index contributed by atoms with van der Waals surface area (Å²) in [6.45, 7) is 4.04. The maximum atomic E-state index is 12.2. The van der Waals surface area contributed by atoms with Crippen molar-refractivity contribution < 1.29 is 9.53 Å². The van der Waals surface area contributed by atoms with Crippen LogP contribution in [0.25, 0.3) is 0 Å². The second-order valence-electron chi connectivity index (χ2n) is 5.63. The van der Waals surface area contributed by atoms with Gasteiger partial charge < -0.3 is 15.4 Å². The SMILES string of the molecule is COCC(N)C(=O)N1CCC(c2ccccc2)C(C)C1. The van der Waals surface area contributed by atoms with E-state index < -0.39 is 6.04 Å².